The van der Waals surface area contributed by atoms with Crippen molar-refractivity contribution in [2.24, 2.45) is 0 Å². The molecule has 13 heavy (non-hydrogen) atoms. The fourth-order valence-electron chi connectivity index (χ4n) is 0.365. The molecule has 0 aromatic carbocycles. The van der Waals surface area contributed by atoms with E-state index in [0.29, 0.717) is 13.1 Å². The minimum absolute atomic E-state index is 0. The molecule has 0 aliphatic heterocycles. The summed E-state index contributed by atoms with van der Waals surface area (Å²) in [6, 6.07) is 0. The third kappa shape index (κ3) is 32.8. The molecule has 0 aliphatic rings. The van der Waals surface area contributed by atoms with Gasteiger partial charge < -0.3 is 20.0 Å². The van der Waals surface area contributed by atoms with Crippen molar-refractivity contribution in [3.8, 4) is 0 Å². The molecule has 0 aromatic rings. The van der Waals surface area contributed by atoms with Crippen molar-refractivity contribution < 1.29 is 27.3 Å². The molecular weight excluding hydrogens is 220 g/mol. The van der Waals surface area contributed by atoms with Crippen LogP contribution in [0.2, 0.25) is 0 Å². The molecule has 0 amide bonds. The molecule has 0 bridgehead atoms. The Morgan fingerprint density at radius 3 is 1.00 bits per heavy atom. The van der Waals surface area contributed by atoms with Crippen LogP contribution >= 0.6 is 0 Å². The summed E-state index contributed by atoms with van der Waals surface area (Å²) in [5.74, 6) is 0. The van der Waals surface area contributed by atoms with E-state index in [-0.39, 0.29) is 30.3 Å². The first-order chi connectivity index (χ1) is 5.54. The number of nitrogens with zero attached hydrogens (tertiary/aromatic N) is 2. The van der Waals surface area contributed by atoms with Crippen LogP contribution in [0.5, 0.6) is 0 Å². The SMILES string of the molecule is CN(C)CC[O-].CN(C)CC[O-].[Cu+2]. The molecule has 0 saturated carbocycles. The molecule has 0 atom stereocenters. The van der Waals surface area contributed by atoms with Crippen LogP contribution in [0.3, 0.4) is 0 Å². The first-order valence-electron chi connectivity index (χ1n) is 4.00. The summed E-state index contributed by atoms with van der Waals surface area (Å²) in [5.41, 5.74) is 0. The Bertz CT molecular complexity index is 72.5. The van der Waals surface area contributed by atoms with Gasteiger partial charge in [0.25, 0.3) is 0 Å². The van der Waals surface area contributed by atoms with E-state index in [1.807, 2.05) is 38.0 Å². The summed E-state index contributed by atoms with van der Waals surface area (Å²) < 4.78 is 0. The van der Waals surface area contributed by atoms with Gasteiger partial charge in [-0.05, 0) is 41.3 Å². The summed E-state index contributed by atoms with van der Waals surface area (Å²) in [5, 5.41) is 19.4. The first kappa shape index (κ1) is 19.0. The van der Waals surface area contributed by atoms with Gasteiger partial charge in [0.2, 0.25) is 0 Å². The Kier molecular flexibility index (Phi) is 21.7. The largest absolute Gasteiger partial charge is 2.00 e. The van der Waals surface area contributed by atoms with Crippen LogP contribution in [0, 0.1) is 0 Å². The van der Waals surface area contributed by atoms with E-state index in [2.05, 4.69) is 0 Å². The van der Waals surface area contributed by atoms with Gasteiger partial charge in [0.1, 0.15) is 0 Å². The zero-order valence-corrected chi connectivity index (χ0v) is 9.78. The van der Waals surface area contributed by atoms with E-state index >= 15 is 0 Å². The Morgan fingerprint density at radius 2 is 1.00 bits per heavy atom. The quantitative estimate of drug-likeness (QED) is 0.524. The molecule has 5 heteroatoms. The molecule has 0 saturated heterocycles. The number of likely N-dealkylation sites (N-methyl/N-ethyl adjacent to an activating group) is 2. The molecule has 0 fully saturated rings. The minimum atomic E-state index is 0. The third-order valence-corrected chi connectivity index (χ3v) is 1.08. The van der Waals surface area contributed by atoms with Crippen molar-refractivity contribution in [2.75, 3.05) is 54.5 Å². The maximum Gasteiger partial charge on any atom is 2.00 e. The van der Waals surface area contributed by atoms with Crippen LogP contribution in [0.15, 0.2) is 0 Å². The van der Waals surface area contributed by atoms with Gasteiger partial charge in [-0.2, -0.15) is 0 Å². The molecule has 85 valence electrons. The molecule has 0 spiro atoms. The summed E-state index contributed by atoms with van der Waals surface area (Å²) in [6.45, 7) is 1.32. The monoisotopic (exact) mass is 239 g/mol. The van der Waals surface area contributed by atoms with Crippen molar-refractivity contribution in [2.45, 2.75) is 0 Å². The van der Waals surface area contributed by atoms with Gasteiger partial charge in [-0.25, -0.2) is 0 Å². The summed E-state index contributed by atoms with van der Waals surface area (Å²) in [6.07, 6.45) is 0. The van der Waals surface area contributed by atoms with E-state index in [0.717, 1.165) is 0 Å². The normalized spacial score (nSPS) is 9.23. The molecule has 0 unspecified atom stereocenters. The average molecular weight is 240 g/mol. The second kappa shape index (κ2) is 14.9. The van der Waals surface area contributed by atoms with Crippen LogP contribution in [0.1, 0.15) is 0 Å². The zero-order valence-electron chi connectivity index (χ0n) is 8.84. The number of rotatable bonds is 4. The molecule has 0 N–H and O–H groups in total. The second-order valence-corrected chi connectivity index (χ2v) is 3.01. The van der Waals surface area contributed by atoms with Crippen molar-refractivity contribution in [3.63, 3.8) is 0 Å². The van der Waals surface area contributed by atoms with Gasteiger partial charge in [-0.15, -0.1) is 13.2 Å². The maximum atomic E-state index is 9.70. The van der Waals surface area contributed by atoms with Gasteiger partial charge >= 0.3 is 17.1 Å². The predicted molar refractivity (Wildman–Crippen MR) is 46.8 cm³/mol. The van der Waals surface area contributed by atoms with Gasteiger partial charge in [-0.1, -0.05) is 0 Å². The molecule has 0 aliphatic carbocycles. The fourth-order valence-corrected chi connectivity index (χ4v) is 0.365. The molecule has 1 radical (unpaired) electrons. The van der Waals surface area contributed by atoms with Crippen LogP contribution in [-0.2, 0) is 17.1 Å². The number of hydrogen-bond acceptors (Lipinski definition) is 4. The van der Waals surface area contributed by atoms with E-state index < -0.39 is 0 Å². The second-order valence-electron chi connectivity index (χ2n) is 3.01. The topological polar surface area (TPSA) is 52.6 Å². The van der Waals surface area contributed by atoms with E-state index in [1.165, 1.54) is 0 Å². The van der Waals surface area contributed by atoms with E-state index in [9.17, 15) is 10.2 Å². The minimum Gasteiger partial charge on any atom is -0.854 e. The van der Waals surface area contributed by atoms with Crippen molar-refractivity contribution in [1.29, 1.82) is 0 Å². The molecule has 0 heterocycles. The van der Waals surface area contributed by atoms with Crippen LogP contribution in [0.25, 0.3) is 0 Å². The average Bonchev–Trinajstić information content (AvgIpc) is 1.87. The van der Waals surface area contributed by atoms with Crippen molar-refractivity contribution in [1.82, 2.24) is 9.80 Å². The predicted octanol–water partition coefficient (Wildman–Crippen LogP) is -2.19. The molecule has 0 aromatic heterocycles. The summed E-state index contributed by atoms with van der Waals surface area (Å²) in [4.78, 5) is 3.74. The molecule has 0 rings (SSSR count). The smallest absolute Gasteiger partial charge is 0.854 e. The van der Waals surface area contributed by atoms with Gasteiger partial charge in [0, 0.05) is 0 Å². The van der Waals surface area contributed by atoms with E-state index in [4.69, 9.17) is 0 Å². The standard InChI is InChI=1S/2C4H10NO.Cu/c2*1-5(2)3-4-6;/h2*3-4H2,1-2H3;/q2*-1;+2. The van der Waals surface area contributed by atoms with Gasteiger partial charge in [0.05, 0.1) is 0 Å². The van der Waals surface area contributed by atoms with Crippen LogP contribution in [0.4, 0.5) is 0 Å². The molecule has 4 nitrogen and oxygen atoms in total. The maximum absolute atomic E-state index is 9.70. The fraction of sp³-hybridized carbons (Fsp3) is 1.00. The Morgan fingerprint density at radius 1 is 0.769 bits per heavy atom. The number of hydrogen-bond donors (Lipinski definition) is 0. The van der Waals surface area contributed by atoms with Crippen molar-refractivity contribution in [3.05, 3.63) is 0 Å². The Balaban J connectivity index is -0.000000143. The van der Waals surface area contributed by atoms with Gasteiger partial charge in [0.15, 0.2) is 0 Å². The Hall–Kier alpha value is 0.359. The summed E-state index contributed by atoms with van der Waals surface area (Å²) in [7, 11) is 7.55. The van der Waals surface area contributed by atoms with Gasteiger partial charge in [-0.3, -0.25) is 0 Å². The van der Waals surface area contributed by atoms with Crippen LogP contribution in [-0.4, -0.2) is 64.3 Å². The van der Waals surface area contributed by atoms with E-state index in [1.54, 1.807) is 0 Å². The molecular formula is C8H20CuN2O2. The zero-order chi connectivity index (χ0) is 9.98. The van der Waals surface area contributed by atoms with Crippen LogP contribution < -0.4 is 10.2 Å². The Labute approximate surface area is 92.0 Å². The first-order valence-corrected chi connectivity index (χ1v) is 4.00. The third-order valence-electron chi connectivity index (χ3n) is 1.08. The summed E-state index contributed by atoms with van der Waals surface area (Å²) >= 11 is 0. The van der Waals surface area contributed by atoms with Crippen molar-refractivity contribution >= 4 is 0 Å².